The molecule has 0 fully saturated rings. The number of rotatable bonds is 6. The fourth-order valence-electron chi connectivity index (χ4n) is 0.775. The van der Waals surface area contributed by atoms with Crippen molar-refractivity contribution in [3.63, 3.8) is 0 Å². The molecule has 96 valence electrons. The van der Waals surface area contributed by atoms with E-state index < -0.39 is 24.5 Å². The summed E-state index contributed by atoms with van der Waals surface area (Å²) in [5.41, 5.74) is 0.119. The largest absolute Gasteiger partial charge is 0.466 e. The third-order valence-electron chi connectivity index (χ3n) is 1.65. The van der Waals surface area contributed by atoms with Gasteiger partial charge in [0.05, 0.1) is 13.7 Å². The molecule has 0 aromatic carbocycles. The zero-order valence-electron chi connectivity index (χ0n) is 10.1. The Labute approximate surface area is 99.5 Å². The maximum atomic E-state index is 11.2. The predicted octanol–water partition coefficient (Wildman–Crippen LogP) is 0.602. The molecule has 0 unspecified atom stereocenters. The van der Waals surface area contributed by atoms with Crippen LogP contribution in [-0.4, -0.2) is 38.2 Å². The van der Waals surface area contributed by atoms with Gasteiger partial charge in [0.1, 0.15) is 0 Å². The van der Waals surface area contributed by atoms with E-state index in [1.54, 1.807) is 0 Å². The van der Waals surface area contributed by atoms with Crippen molar-refractivity contribution in [3.8, 4) is 0 Å². The van der Waals surface area contributed by atoms with E-state index in [1.807, 2.05) is 6.92 Å². The van der Waals surface area contributed by atoms with Crippen LogP contribution in [-0.2, 0) is 28.6 Å². The van der Waals surface area contributed by atoms with Crippen molar-refractivity contribution in [2.75, 3.05) is 20.3 Å². The normalized spacial score (nSPS) is 10.6. The molecule has 0 aromatic heterocycles. The molecule has 0 amide bonds. The molecule has 6 nitrogen and oxygen atoms in total. The molecule has 0 aliphatic carbocycles. The Balaban J connectivity index is 4.14. The zero-order chi connectivity index (χ0) is 13.3. The Hall–Kier alpha value is -1.85. The van der Waals surface area contributed by atoms with Crippen LogP contribution in [0, 0.1) is 0 Å². The topological polar surface area (TPSA) is 78.9 Å². The van der Waals surface area contributed by atoms with E-state index in [9.17, 15) is 14.4 Å². The fraction of sp³-hybridized carbons (Fsp3) is 0.545. The maximum absolute atomic E-state index is 11.2. The fourth-order valence-corrected chi connectivity index (χ4v) is 0.775. The van der Waals surface area contributed by atoms with Crippen molar-refractivity contribution in [2.24, 2.45) is 0 Å². The van der Waals surface area contributed by atoms with E-state index in [1.165, 1.54) is 14.0 Å². The Kier molecular flexibility index (Phi) is 7.41. The number of carbonyl (C=O) groups is 3. The standard InChI is InChI=1S/C11H16O6/c1-4-5-16-11(14)8(2)6-9(12)17-7-10(13)15-3/h6H,4-5,7H2,1-3H3/b8-6-. The van der Waals surface area contributed by atoms with Gasteiger partial charge in [-0.3, -0.25) is 0 Å². The molecule has 6 heteroatoms. The van der Waals surface area contributed by atoms with E-state index >= 15 is 0 Å². The zero-order valence-corrected chi connectivity index (χ0v) is 10.1. The monoisotopic (exact) mass is 244 g/mol. The highest BCUT2D eigenvalue weighted by atomic mass is 16.6. The molecule has 0 aliphatic rings. The van der Waals surface area contributed by atoms with Crippen molar-refractivity contribution < 1.29 is 28.6 Å². The lowest BCUT2D eigenvalue weighted by Crippen LogP contribution is -2.15. The van der Waals surface area contributed by atoms with Gasteiger partial charge in [-0.2, -0.15) is 0 Å². The summed E-state index contributed by atoms with van der Waals surface area (Å²) in [7, 11) is 1.18. The van der Waals surface area contributed by atoms with Crippen LogP contribution in [0.2, 0.25) is 0 Å². The SMILES string of the molecule is CCCOC(=O)/C(C)=C\C(=O)OCC(=O)OC. The molecular formula is C11H16O6. The Morgan fingerprint density at radius 3 is 2.35 bits per heavy atom. The first-order valence-corrected chi connectivity index (χ1v) is 5.10. The Morgan fingerprint density at radius 1 is 1.18 bits per heavy atom. The summed E-state index contributed by atoms with van der Waals surface area (Å²) in [5, 5.41) is 0. The lowest BCUT2D eigenvalue weighted by atomic mass is 10.3. The number of ether oxygens (including phenoxy) is 3. The highest BCUT2D eigenvalue weighted by molar-refractivity contribution is 5.96. The van der Waals surface area contributed by atoms with Crippen LogP contribution in [0.25, 0.3) is 0 Å². The van der Waals surface area contributed by atoms with Crippen molar-refractivity contribution in [1.82, 2.24) is 0 Å². The minimum Gasteiger partial charge on any atom is -0.466 e. The molecule has 0 saturated heterocycles. The third-order valence-corrected chi connectivity index (χ3v) is 1.65. The summed E-state index contributed by atoms with van der Waals surface area (Å²) in [6.07, 6.45) is 1.67. The quantitative estimate of drug-likeness (QED) is 0.387. The van der Waals surface area contributed by atoms with Gasteiger partial charge in [-0.25, -0.2) is 14.4 Å². The van der Waals surface area contributed by atoms with Crippen molar-refractivity contribution in [1.29, 1.82) is 0 Å². The summed E-state index contributed by atoms with van der Waals surface area (Å²) < 4.78 is 13.6. The van der Waals surface area contributed by atoms with Crippen LogP contribution in [0.4, 0.5) is 0 Å². The molecule has 0 rings (SSSR count). The second kappa shape index (κ2) is 8.32. The van der Waals surface area contributed by atoms with E-state index in [-0.39, 0.29) is 5.57 Å². The molecular weight excluding hydrogens is 228 g/mol. The van der Waals surface area contributed by atoms with Gasteiger partial charge in [0, 0.05) is 11.6 Å². The van der Waals surface area contributed by atoms with Crippen LogP contribution in [0.5, 0.6) is 0 Å². The number of esters is 3. The number of methoxy groups -OCH3 is 1. The van der Waals surface area contributed by atoms with Gasteiger partial charge in [0.15, 0.2) is 6.61 Å². The highest BCUT2D eigenvalue weighted by Crippen LogP contribution is 1.98. The van der Waals surface area contributed by atoms with Crippen LogP contribution in [0.1, 0.15) is 20.3 Å². The Morgan fingerprint density at radius 2 is 1.82 bits per heavy atom. The summed E-state index contributed by atoms with van der Waals surface area (Å²) in [5.74, 6) is -2.04. The van der Waals surface area contributed by atoms with Crippen molar-refractivity contribution in [3.05, 3.63) is 11.6 Å². The first-order valence-electron chi connectivity index (χ1n) is 5.10. The summed E-state index contributed by atoms with van der Waals surface area (Å²) >= 11 is 0. The molecule has 0 bridgehead atoms. The third kappa shape index (κ3) is 7.10. The lowest BCUT2D eigenvalue weighted by molar-refractivity contribution is -0.154. The first kappa shape index (κ1) is 15.2. The molecule has 0 aliphatic heterocycles. The van der Waals surface area contributed by atoms with Gasteiger partial charge < -0.3 is 14.2 Å². The Bertz CT molecular complexity index is 318. The lowest BCUT2D eigenvalue weighted by Gasteiger charge is -2.03. The summed E-state index contributed by atoms with van der Waals surface area (Å²) in [6.45, 7) is 3.10. The average molecular weight is 244 g/mol. The van der Waals surface area contributed by atoms with E-state index in [0.717, 1.165) is 6.08 Å². The molecule has 0 atom stereocenters. The highest BCUT2D eigenvalue weighted by Gasteiger charge is 2.10. The summed E-state index contributed by atoms with van der Waals surface area (Å²) in [6, 6.07) is 0. The second-order valence-corrected chi connectivity index (χ2v) is 3.15. The molecule has 0 spiro atoms. The van der Waals surface area contributed by atoms with Gasteiger partial charge in [-0.05, 0) is 13.3 Å². The minimum atomic E-state index is -0.790. The van der Waals surface area contributed by atoms with Crippen molar-refractivity contribution in [2.45, 2.75) is 20.3 Å². The summed E-state index contributed by atoms with van der Waals surface area (Å²) in [4.78, 5) is 33.0. The van der Waals surface area contributed by atoms with Gasteiger partial charge in [-0.15, -0.1) is 0 Å². The minimum absolute atomic E-state index is 0.119. The molecule has 0 heterocycles. The predicted molar refractivity (Wildman–Crippen MR) is 58.0 cm³/mol. The number of hydrogen-bond acceptors (Lipinski definition) is 6. The number of carbonyl (C=O) groups excluding carboxylic acids is 3. The van der Waals surface area contributed by atoms with Gasteiger partial charge in [-0.1, -0.05) is 6.92 Å². The van der Waals surface area contributed by atoms with Crippen LogP contribution < -0.4 is 0 Å². The second-order valence-electron chi connectivity index (χ2n) is 3.15. The van der Waals surface area contributed by atoms with Crippen LogP contribution in [0.15, 0.2) is 11.6 Å². The first-order chi connectivity index (χ1) is 8.01. The molecule has 0 N–H and O–H groups in total. The average Bonchev–Trinajstić information content (AvgIpc) is 2.32. The van der Waals surface area contributed by atoms with Crippen LogP contribution >= 0.6 is 0 Å². The van der Waals surface area contributed by atoms with E-state index in [0.29, 0.717) is 13.0 Å². The molecule has 0 saturated carbocycles. The molecule has 0 aromatic rings. The maximum Gasteiger partial charge on any atom is 0.344 e. The van der Waals surface area contributed by atoms with Gasteiger partial charge in [0.2, 0.25) is 0 Å². The molecule has 17 heavy (non-hydrogen) atoms. The molecule has 0 radical (unpaired) electrons. The van der Waals surface area contributed by atoms with E-state index in [4.69, 9.17) is 4.74 Å². The smallest absolute Gasteiger partial charge is 0.344 e. The van der Waals surface area contributed by atoms with Gasteiger partial charge in [0.25, 0.3) is 0 Å². The van der Waals surface area contributed by atoms with E-state index in [2.05, 4.69) is 9.47 Å². The number of hydrogen-bond donors (Lipinski definition) is 0. The van der Waals surface area contributed by atoms with Gasteiger partial charge >= 0.3 is 17.9 Å². The van der Waals surface area contributed by atoms with Crippen LogP contribution in [0.3, 0.4) is 0 Å². The van der Waals surface area contributed by atoms with Crippen molar-refractivity contribution >= 4 is 17.9 Å².